The molecule has 0 saturated carbocycles. The molecule has 0 aliphatic carbocycles. The molecule has 3 amide bonds. The first-order chi connectivity index (χ1) is 11.6. The molecule has 2 aromatic rings. The van der Waals surface area contributed by atoms with Crippen LogP contribution in [0.3, 0.4) is 0 Å². The van der Waals surface area contributed by atoms with E-state index in [9.17, 15) is 9.59 Å². The molecular formula is C18H24N3O2S+. The van der Waals surface area contributed by atoms with Gasteiger partial charge in [-0.1, -0.05) is 43.3 Å². The van der Waals surface area contributed by atoms with Gasteiger partial charge in [0.2, 0.25) is 0 Å². The molecule has 128 valence electrons. The van der Waals surface area contributed by atoms with Crippen LogP contribution in [-0.4, -0.2) is 24.5 Å². The summed E-state index contributed by atoms with van der Waals surface area (Å²) in [7, 11) is 0. The van der Waals surface area contributed by atoms with Gasteiger partial charge in [0.25, 0.3) is 5.91 Å². The summed E-state index contributed by atoms with van der Waals surface area (Å²) in [4.78, 5) is 24.9. The Kier molecular flexibility index (Phi) is 6.96. The third-order valence-corrected chi connectivity index (χ3v) is 4.75. The van der Waals surface area contributed by atoms with Crippen molar-refractivity contribution in [2.45, 2.75) is 32.4 Å². The van der Waals surface area contributed by atoms with Gasteiger partial charge in [0.15, 0.2) is 6.54 Å². The number of nitrogens with two attached hydrogens (primary N) is 1. The first-order valence-electron chi connectivity index (χ1n) is 8.12. The van der Waals surface area contributed by atoms with Crippen LogP contribution in [0.2, 0.25) is 0 Å². The topological polar surface area (TPSA) is 74.8 Å². The molecule has 4 N–H and O–H groups in total. The summed E-state index contributed by atoms with van der Waals surface area (Å²) < 4.78 is 0. The Bertz CT molecular complexity index is 644. The van der Waals surface area contributed by atoms with Crippen LogP contribution in [0.5, 0.6) is 0 Å². The first kappa shape index (κ1) is 18.2. The average Bonchev–Trinajstić information content (AvgIpc) is 3.10. The lowest BCUT2D eigenvalue weighted by Crippen LogP contribution is -2.87. The molecule has 5 nitrogen and oxygen atoms in total. The predicted molar refractivity (Wildman–Crippen MR) is 95.8 cm³/mol. The maximum atomic E-state index is 12.0. The minimum atomic E-state index is -0.435. The van der Waals surface area contributed by atoms with Crippen LogP contribution >= 0.6 is 11.3 Å². The lowest BCUT2D eigenvalue weighted by Gasteiger charge is -2.15. The Labute approximate surface area is 146 Å². The highest BCUT2D eigenvalue weighted by atomic mass is 32.1. The highest BCUT2D eigenvalue weighted by Gasteiger charge is 2.20. The molecule has 24 heavy (non-hydrogen) atoms. The second-order valence-electron chi connectivity index (χ2n) is 5.67. The van der Waals surface area contributed by atoms with Crippen LogP contribution < -0.4 is 16.0 Å². The summed E-state index contributed by atoms with van der Waals surface area (Å²) in [6.07, 6.45) is 0.822. The van der Waals surface area contributed by atoms with Gasteiger partial charge in [-0.15, -0.1) is 11.3 Å². The number of thiophene rings is 1. The van der Waals surface area contributed by atoms with Crippen LogP contribution in [0.4, 0.5) is 4.79 Å². The zero-order valence-corrected chi connectivity index (χ0v) is 14.8. The van der Waals surface area contributed by atoms with Gasteiger partial charge in [-0.3, -0.25) is 10.1 Å². The van der Waals surface area contributed by atoms with Crippen molar-refractivity contribution in [3.05, 3.63) is 58.3 Å². The third-order valence-electron chi connectivity index (χ3n) is 3.79. The molecule has 0 bridgehead atoms. The lowest BCUT2D eigenvalue weighted by atomic mass is 10.1. The maximum absolute atomic E-state index is 12.0. The van der Waals surface area contributed by atoms with Gasteiger partial charge >= 0.3 is 6.03 Å². The fraction of sp³-hybridized carbons (Fsp3) is 0.333. The van der Waals surface area contributed by atoms with Crippen molar-refractivity contribution in [3.63, 3.8) is 0 Å². The van der Waals surface area contributed by atoms with E-state index in [4.69, 9.17) is 0 Å². The van der Waals surface area contributed by atoms with Crippen molar-refractivity contribution in [1.29, 1.82) is 0 Å². The molecule has 0 radical (unpaired) electrons. The molecule has 0 unspecified atom stereocenters. The predicted octanol–water partition coefficient (Wildman–Crippen LogP) is 2.03. The van der Waals surface area contributed by atoms with Gasteiger partial charge < -0.3 is 10.6 Å². The van der Waals surface area contributed by atoms with E-state index in [2.05, 4.69) is 28.8 Å². The summed E-state index contributed by atoms with van der Waals surface area (Å²) in [6.45, 7) is 4.07. The molecule has 2 rings (SSSR count). The lowest BCUT2D eigenvalue weighted by molar-refractivity contribution is -0.676. The number of quaternary nitrogens is 1. The SMILES string of the molecule is CC[C@@H](C)NC(=O)NC(=O)C[NH2+][C@@H](c1ccccc1)c1cccs1. The summed E-state index contributed by atoms with van der Waals surface area (Å²) in [5, 5.41) is 9.08. The van der Waals surface area contributed by atoms with E-state index in [0.29, 0.717) is 0 Å². The molecule has 0 aliphatic rings. The monoisotopic (exact) mass is 346 g/mol. The van der Waals surface area contributed by atoms with Crippen molar-refractivity contribution in [2.75, 3.05) is 6.54 Å². The second-order valence-corrected chi connectivity index (χ2v) is 6.65. The zero-order valence-electron chi connectivity index (χ0n) is 14.0. The fourth-order valence-electron chi connectivity index (χ4n) is 2.31. The summed E-state index contributed by atoms with van der Waals surface area (Å²) in [5.41, 5.74) is 1.14. The number of hydrogen-bond donors (Lipinski definition) is 3. The van der Waals surface area contributed by atoms with Crippen molar-refractivity contribution < 1.29 is 14.9 Å². The number of carbonyl (C=O) groups excluding carboxylic acids is 2. The van der Waals surface area contributed by atoms with Gasteiger partial charge in [-0.2, -0.15) is 0 Å². The Morgan fingerprint density at radius 1 is 1.17 bits per heavy atom. The minimum absolute atomic E-state index is 0.0463. The molecule has 1 aromatic carbocycles. The molecular weight excluding hydrogens is 322 g/mol. The fourth-order valence-corrected chi connectivity index (χ4v) is 3.16. The Balaban J connectivity index is 1.94. The van der Waals surface area contributed by atoms with Crippen LogP contribution in [0.15, 0.2) is 47.8 Å². The van der Waals surface area contributed by atoms with Crippen molar-refractivity contribution >= 4 is 23.3 Å². The molecule has 0 aliphatic heterocycles. The normalized spacial score (nSPS) is 13.1. The number of nitrogens with one attached hydrogen (secondary N) is 2. The number of imide groups is 1. The minimum Gasteiger partial charge on any atom is -0.335 e. The Morgan fingerprint density at radius 3 is 2.54 bits per heavy atom. The van der Waals surface area contributed by atoms with Gasteiger partial charge in [-0.05, 0) is 24.8 Å². The average molecular weight is 346 g/mol. The zero-order chi connectivity index (χ0) is 17.4. The van der Waals surface area contributed by atoms with Crippen molar-refractivity contribution in [3.8, 4) is 0 Å². The number of carbonyl (C=O) groups is 2. The van der Waals surface area contributed by atoms with Gasteiger partial charge in [-0.25, -0.2) is 4.79 Å². The van der Waals surface area contributed by atoms with Gasteiger partial charge in [0.1, 0.15) is 6.04 Å². The standard InChI is InChI=1S/C18H23N3O2S/c1-3-13(2)20-18(23)21-16(22)12-19-17(15-10-7-11-24-15)14-8-5-4-6-9-14/h4-11,13,17,19H,3,12H2,1-2H3,(H2,20,21,22,23)/p+1/t13-,17+/m1/s1. The van der Waals surface area contributed by atoms with Crippen LogP contribution in [0.25, 0.3) is 0 Å². The molecule has 0 spiro atoms. The number of amides is 3. The molecule has 6 heteroatoms. The van der Waals surface area contributed by atoms with Crippen molar-refractivity contribution in [1.82, 2.24) is 10.6 Å². The molecule has 0 saturated heterocycles. The van der Waals surface area contributed by atoms with E-state index in [0.717, 1.165) is 12.0 Å². The number of hydrogen-bond acceptors (Lipinski definition) is 3. The van der Waals surface area contributed by atoms with Crippen LogP contribution in [0, 0.1) is 0 Å². The van der Waals surface area contributed by atoms with Gasteiger partial charge in [0.05, 0.1) is 4.88 Å². The maximum Gasteiger partial charge on any atom is 0.321 e. The van der Waals surface area contributed by atoms with Crippen LogP contribution in [0.1, 0.15) is 36.8 Å². The Morgan fingerprint density at radius 2 is 1.92 bits per heavy atom. The third kappa shape index (κ3) is 5.47. The van der Waals surface area contributed by atoms with E-state index in [1.54, 1.807) is 11.3 Å². The molecule has 0 fully saturated rings. The highest BCUT2D eigenvalue weighted by molar-refractivity contribution is 7.10. The summed E-state index contributed by atoms with van der Waals surface area (Å²) >= 11 is 1.66. The Hall–Kier alpha value is -2.18. The smallest absolute Gasteiger partial charge is 0.321 e. The summed E-state index contributed by atoms with van der Waals surface area (Å²) in [5.74, 6) is -0.298. The quantitative estimate of drug-likeness (QED) is 0.717. The largest absolute Gasteiger partial charge is 0.335 e. The van der Waals surface area contributed by atoms with E-state index >= 15 is 0 Å². The van der Waals surface area contributed by atoms with E-state index in [1.165, 1.54) is 4.88 Å². The number of benzene rings is 1. The molecule has 1 heterocycles. The molecule has 1 aromatic heterocycles. The van der Waals surface area contributed by atoms with Crippen LogP contribution in [-0.2, 0) is 4.79 Å². The first-order valence-corrected chi connectivity index (χ1v) is 9.00. The van der Waals surface area contributed by atoms with Crippen molar-refractivity contribution in [2.24, 2.45) is 0 Å². The number of rotatable bonds is 7. The second kappa shape index (κ2) is 9.20. The highest BCUT2D eigenvalue weighted by Crippen LogP contribution is 2.22. The summed E-state index contributed by atoms with van der Waals surface area (Å²) in [6, 6.07) is 13.8. The number of urea groups is 1. The van der Waals surface area contributed by atoms with E-state index < -0.39 is 6.03 Å². The van der Waals surface area contributed by atoms with E-state index in [1.807, 2.05) is 48.8 Å². The molecule has 2 atom stereocenters. The van der Waals surface area contributed by atoms with E-state index in [-0.39, 0.29) is 24.5 Å². The van der Waals surface area contributed by atoms with Gasteiger partial charge in [0, 0.05) is 11.6 Å².